The third-order valence-corrected chi connectivity index (χ3v) is 3.11. The molecule has 0 aliphatic rings. The Kier molecular flexibility index (Phi) is 5.11. The summed E-state index contributed by atoms with van der Waals surface area (Å²) in [7, 11) is 0. The van der Waals surface area contributed by atoms with E-state index in [2.05, 4.69) is 21.2 Å². The summed E-state index contributed by atoms with van der Waals surface area (Å²) in [6.07, 6.45) is -1.36. The number of anilines is 1. The predicted molar refractivity (Wildman–Crippen MR) is 69.5 cm³/mol. The lowest BCUT2D eigenvalue weighted by atomic mass is 10.2. The molecule has 98 valence electrons. The first-order valence-corrected chi connectivity index (χ1v) is 5.90. The number of carbonyl (C=O) groups is 2. The van der Waals surface area contributed by atoms with Crippen molar-refractivity contribution in [2.75, 3.05) is 11.9 Å². The molecule has 1 aromatic rings. The van der Waals surface area contributed by atoms with Crippen molar-refractivity contribution in [1.82, 2.24) is 5.32 Å². The van der Waals surface area contributed by atoms with E-state index in [1.54, 1.807) is 18.2 Å². The quantitative estimate of drug-likeness (QED) is 0.673. The summed E-state index contributed by atoms with van der Waals surface area (Å²) in [5, 5.41) is 21.9. The lowest BCUT2D eigenvalue weighted by molar-refractivity contribution is -0.118. The van der Waals surface area contributed by atoms with Gasteiger partial charge in [0.25, 0.3) is 0 Å². The molecule has 0 heterocycles. The molecule has 0 bridgehead atoms. The zero-order valence-electron chi connectivity index (χ0n) is 9.61. The van der Waals surface area contributed by atoms with Crippen LogP contribution in [0.1, 0.15) is 5.56 Å². The maximum Gasteiger partial charge on any atom is 0.405 e. The van der Waals surface area contributed by atoms with Gasteiger partial charge < -0.3 is 20.8 Å². The predicted octanol–water partition coefficient (Wildman–Crippen LogP) is 1.32. The Hall–Kier alpha value is -1.60. The van der Waals surface area contributed by atoms with E-state index in [-0.39, 0.29) is 0 Å². The van der Waals surface area contributed by atoms with Crippen LogP contribution in [0, 0.1) is 6.92 Å². The van der Waals surface area contributed by atoms with Gasteiger partial charge in [0.1, 0.15) is 6.04 Å². The summed E-state index contributed by atoms with van der Waals surface area (Å²) in [6.45, 7) is 1.26. The Balaban J connectivity index is 2.73. The first-order chi connectivity index (χ1) is 8.43. The molecule has 1 rings (SSSR count). The number of hydrogen-bond donors (Lipinski definition) is 4. The summed E-state index contributed by atoms with van der Waals surface area (Å²) in [5.74, 6) is -0.610. The van der Waals surface area contributed by atoms with Gasteiger partial charge >= 0.3 is 6.09 Å². The van der Waals surface area contributed by atoms with Crippen molar-refractivity contribution in [3.63, 3.8) is 0 Å². The molecular formula is C11H13BrN2O4. The van der Waals surface area contributed by atoms with Crippen LogP contribution in [0.4, 0.5) is 10.5 Å². The summed E-state index contributed by atoms with van der Waals surface area (Å²) >= 11 is 3.33. The lowest BCUT2D eigenvalue weighted by Gasteiger charge is -2.14. The second kappa shape index (κ2) is 6.36. The van der Waals surface area contributed by atoms with E-state index in [1.807, 2.05) is 12.2 Å². The molecule has 6 nitrogen and oxygen atoms in total. The number of halogens is 1. The minimum absolute atomic E-state index is 0.534. The van der Waals surface area contributed by atoms with Gasteiger partial charge in [-0.1, -0.05) is 15.9 Å². The highest BCUT2D eigenvalue weighted by molar-refractivity contribution is 9.10. The van der Waals surface area contributed by atoms with Crippen molar-refractivity contribution in [3.8, 4) is 0 Å². The molecule has 0 fully saturated rings. The molecular weight excluding hydrogens is 304 g/mol. The average Bonchev–Trinajstić information content (AvgIpc) is 2.30. The summed E-state index contributed by atoms with van der Waals surface area (Å²) < 4.78 is 0.905. The van der Waals surface area contributed by atoms with Gasteiger partial charge in [-0.3, -0.25) is 4.79 Å². The molecule has 0 aromatic heterocycles. The van der Waals surface area contributed by atoms with Gasteiger partial charge in [0.2, 0.25) is 5.91 Å². The van der Waals surface area contributed by atoms with Crippen molar-refractivity contribution < 1.29 is 19.8 Å². The molecule has 0 radical (unpaired) electrons. The van der Waals surface area contributed by atoms with Crippen molar-refractivity contribution in [2.45, 2.75) is 13.0 Å². The first kappa shape index (κ1) is 14.5. The maximum atomic E-state index is 11.7. The second-order valence-electron chi connectivity index (χ2n) is 3.64. The first-order valence-electron chi connectivity index (χ1n) is 5.11. The SMILES string of the molecule is Cc1cc(NC(=O)[C@H](CO)NC(=O)O)ccc1Br. The largest absolute Gasteiger partial charge is 0.465 e. The third-order valence-electron chi connectivity index (χ3n) is 2.22. The molecule has 0 unspecified atom stereocenters. The summed E-state index contributed by atoms with van der Waals surface area (Å²) in [5.41, 5.74) is 1.46. The minimum Gasteiger partial charge on any atom is -0.465 e. The smallest absolute Gasteiger partial charge is 0.405 e. The second-order valence-corrected chi connectivity index (χ2v) is 4.49. The van der Waals surface area contributed by atoms with E-state index < -0.39 is 24.6 Å². The zero-order valence-corrected chi connectivity index (χ0v) is 11.2. The van der Waals surface area contributed by atoms with Gasteiger partial charge in [-0.25, -0.2) is 4.79 Å². The highest BCUT2D eigenvalue weighted by Gasteiger charge is 2.19. The van der Waals surface area contributed by atoms with E-state index in [0.717, 1.165) is 10.0 Å². The van der Waals surface area contributed by atoms with Crippen molar-refractivity contribution in [1.29, 1.82) is 0 Å². The van der Waals surface area contributed by atoms with Crippen LogP contribution in [0.25, 0.3) is 0 Å². The van der Waals surface area contributed by atoms with Crippen LogP contribution in [0.3, 0.4) is 0 Å². The Labute approximate surface area is 112 Å². The number of benzene rings is 1. The summed E-state index contributed by atoms with van der Waals surface area (Å²) in [6, 6.07) is 3.98. The van der Waals surface area contributed by atoms with E-state index >= 15 is 0 Å². The fourth-order valence-electron chi connectivity index (χ4n) is 1.29. The van der Waals surface area contributed by atoms with Crippen LogP contribution >= 0.6 is 15.9 Å². The number of amides is 2. The number of carbonyl (C=O) groups excluding carboxylic acids is 1. The van der Waals surface area contributed by atoms with Gasteiger partial charge in [0, 0.05) is 10.2 Å². The van der Waals surface area contributed by atoms with Crippen LogP contribution in [0.5, 0.6) is 0 Å². The number of aliphatic hydroxyl groups excluding tert-OH is 1. The molecule has 0 saturated heterocycles. The highest BCUT2D eigenvalue weighted by Crippen LogP contribution is 2.20. The highest BCUT2D eigenvalue weighted by atomic mass is 79.9. The van der Waals surface area contributed by atoms with E-state index in [1.165, 1.54) is 0 Å². The van der Waals surface area contributed by atoms with Crippen molar-refractivity contribution in [3.05, 3.63) is 28.2 Å². The standard InChI is InChI=1S/C11H13BrN2O4/c1-6-4-7(2-3-8(6)12)13-10(16)9(5-15)14-11(17)18/h2-4,9,14-15H,5H2,1H3,(H,13,16)(H,17,18)/t9-/m0/s1. The lowest BCUT2D eigenvalue weighted by Crippen LogP contribution is -2.45. The van der Waals surface area contributed by atoms with Gasteiger partial charge in [-0.05, 0) is 30.7 Å². The summed E-state index contributed by atoms with van der Waals surface area (Å²) in [4.78, 5) is 22.1. The van der Waals surface area contributed by atoms with Crippen LogP contribution < -0.4 is 10.6 Å². The molecule has 7 heteroatoms. The fraction of sp³-hybridized carbons (Fsp3) is 0.273. The average molecular weight is 317 g/mol. The molecule has 1 aromatic carbocycles. The molecule has 0 saturated carbocycles. The molecule has 0 aliphatic carbocycles. The van der Waals surface area contributed by atoms with Gasteiger partial charge in [0.15, 0.2) is 0 Å². The van der Waals surface area contributed by atoms with Crippen molar-refractivity contribution >= 4 is 33.6 Å². The van der Waals surface area contributed by atoms with E-state index in [0.29, 0.717) is 5.69 Å². The topological polar surface area (TPSA) is 98.7 Å². The van der Waals surface area contributed by atoms with E-state index in [9.17, 15) is 9.59 Å². The molecule has 0 aliphatic heterocycles. The fourth-order valence-corrected chi connectivity index (χ4v) is 1.54. The van der Waals surface area contributed by atoms with Gasteiger partial charge in [-0.15, -0.1) is 0 Å². The molecule has 0 spiro atoms. The number of carboxylic acid groups (broad SMARTS) is 1. The molecule has 18 heavy (non-hydrogen) atoms. The Morgan fingerprint density at radius 1 is 1.44 bits per heavy atom. The minimum atomic E-state index is -1.36. The number of hydrogen-bond acceptors (Lipinski definition) is 3. The van der Waals surface area contributed by atoms with Gasteiger partial charge in [0.05, 0.1) is 6.61 Å². The maximum absolute atomic E-state index is 11.7. The van der Waals surface area contributed by atoms with Gasteiger partial charge in [-0.2, -0.15) is 0 Å². The normalized spacial score (nSPS) is 11.7. The number of aliphatic hydroxyl groups is 1. The number of nitrogens with one attached hydrogen (secondary N) is 2. The Morgan fingerprint density at radius 2 is 2.11 bits per heavy atom. The third kappa shape index (κ3) is 4.01. The Bertz CT molecular complexity index is 464. The van der Waals surface area contributed by atoms with Crippen LogP contribution in [-0.4, -0.2) is 34.9 Å². The number of rotatable bonds is 4. The molecule has 2 amide bonds. The van der Waals surface area contributed by atoms with Crippen LogP contribution in [0.2, 0.25) is 0 Å². The Morgan fingerprint density at radius 3 is 2.61 bits per heavy atom. The zero-order chi connectivity index (χ0) is 13.7. The monoisotopic (exact) mass is 316 g/mol. The van der Waals surface area contributed by atoms with E-state index in [4.69, 9.17) is 10.2 Å². The number of aryl methyl sites for hydroxylation is 1. The molecule has 1 atom stereocenters. The van der Waals surface area contributed by atoms with Crippen molar-refractivity contribution in [2.24, 2.45) is 0 Å². The molecule has 4 N–H and O–H groups in total. The van der Waals surface area contributed by atoms with Crippen LogP contribution in [0.15, 0.2) is 22.7 Å². The van der Waals surface area contributed by atoms with Crippen LogP contribution in [-0.2, 0) is 4.79 Å².